The topological polar surface area (TPSA) is 63.2 Å². The number of sulfonamides is 1. The Labute approximate surface area is 136 Å². The highest BCUT2D eigenvalue weighted by atomic mass is 35.5. The smallest absolute Gasteiger partial charge is 0.266 e. The average Bonchev–Trinajstić information content (AvgIpc) is 3.14. The highest BCUT2D eigenvalue weighted by molar-refractivity contribution is 7.93. The minimum Gasteiger partial charge on any atom is -0.266 e. The van der Waals surface area contributed by atoms with Crippen LogP contribution in [0.3, 0.4) is 0 Å². The third-order valence-electron chi connectivity index (χ3n) is 3.74. The number of rotatable bonds is 2. The molecule has 0 atom stereocenters. The van der Waals surface area contributed by atoms with Crippen molar-refractivity contribution < 1.29 is 8.42 Å². The van der Waals surface area contributed by atoms with Crippen LogP contribution in [-0.4, -0.2) is 23.7 Å². The lowest BCUT2D eigenvalue weighted by Crippen LogP contribution is -2.29. The van der Waals surface area contributed by atoms with Gasteiger partial charge in [0.15, 0.2) is 0 Å². The number of hydrogen-bond donors (Lipinski definition) is 0. The standard InChI is InChI=1S/C14H10ClN3O2S2/c15-10-3-1-5-12-9(10)7-8-18(12)22(19,20)13-6-2-4-11-14(13)17-21-16-11/h1-6H,7-8H2. The fraction of sp³-hybridized carbons (Fsp3) is 0.143. The predicted molar refractivity (Wildman–Crippen MR) is 87.1 cm³/mol. The van der Waals surface area contributed by atoms with Crippen molar-refractivity contribution in [2.24, 2.45) is 0 Å². The van der Waals surface area contributed by atoms with E-state index in [4.69, 9.17) is 11.6 Å². The van der Waals surface area contributed by atoms with Gasteiger partial charge in [-0.1, -0.05) is 23.7 Å². The van der Waals surface area contributed by atoms with E-state index in [1.165, 1.54) is 4.31 Å². The van der Waals surface area contributed by atoms with Gasteiger partial charge in [-0.05, 0) is 36.2 Å². The molecule has 0 unspecified atom stereocenters. The molecule has 3 aromatic rings. The van der Waals surface area contributed by atoms with Crippen LogP contribution in [0, 0.1) is 0 Å². The fourth-order valence-electron chi connectivity index (χ4n) is 2.72. The minimum atomic E-state index is -3.69. The van der Waals surface area contributed by atoms with Crippen LogP contribution in [0.15, 0.2) is 41.3 Å². The zero-order valence-electron chi connectivity index (χ0n) is 11.2. The molecule has 0 N–H and O–H groups in total. The van der Waals surface area contributed by atoms with E-state index in [0.717, 1.165) is 17.3 Å². The van der Waals surface area contributed by atoms with E-state index in [9.17, 15) is 8.42 Å². The largest absolute Gasteiger partial charge is 0.266 e. The Morgan fingerprint density at radius 3 is 2.82 bits per heavy atom. The van der Waals surface area contributed by atoms with Gasteiger partial charge >= 0.3 is 0 Å². The van der Waals surface area contributed by atoms with Gasteiger partial charge in [0.1, 0.15) is 15.9 Å². The third-order valence-corrected chi connectivity index (χ3v) is 6.49. The number of benzene rings is 2. The molecule has 0 fully saturated rings. The maximum absolute atomic E-state index is 13.0. The summed E-state index contributed by atoms with van der Waals surface area (Å²) < 4.78 is 35.7. The molecule has 5 nitrogen and oxygen atoms in total. The van der Waals surface area contributed by atoms with Crippen molar-refractivity contribution in [2.45, 2.75) is 11.3 Å². The Bertz CT molecular complexity index is 985. The van der Waals surface area contributed by atoms with E-state index >= 15 is 0 Å². The van der Waals surface area contributed by atoms with Crippen molar-refractivity contribution in [2.75, 3.05) is 10.8 Å². The number of aromatic nitrogens is 2. The molecule has 8 heteroatoms. The summed E-state index contributed by atoms with van der Waals surface area (Å²) in [7, 11) is -3.69. The first kappa shape index (κ1) is 13.9. The van der Waals surface area contributed by atoms with Crippen LogP contribution in [0.5, 0.6) is 0 Å². The lowest BCUT2D eigenvalue weighted by Gasteiger charge is -2.19. The first-order valence-corrected chi connectivity index (χ1v) is 9.15. The van der Waals surface area contributed by atoms with Gasteiger partial charge in [-0.3, -0.25) is 4.31 Å². The SMILES string of the molecule is O=S(=O)(c1cccc2nsnc12)N1CCc2c(Cl)cccc21. The number of fused-ring (bicyclic) bond motifs is 2. The molecular formula is C14H10ClN3O2S2. The zero-order valence-corrected chi connectivity index (χ0v) is 13.6. The van der Waals surface area contributed by atoms with Gasteiger partial charge in [0.25, 0.3) is 10.0 Å². The molecule has 0 saturated heterocycles. The van der Waals surface area contributed by atoms with Crippen LogP contribution >= 0.6 is 23.3 Å². The molecule has 22 heavy (non-hydrogen) atoms. The summed E-state index contributed by atoms with van der Waals surface area (Å²) in [6.07, 6.45) is 0.611. The molecule has 0 bridgehead atoms. The summed E-state index contributed by atoms with van der Waals surface area (Å²) in [6, 6.07) is 10.3. The maximum Gasteiger partial charge on any atom is 0.266 e. The van der Waals surface area contributed by atoms with E-state index in [2.05, 4.69) is 8.75 Å². The van der Waals surface area contributed by atoms with E-state index < -0.39 is 10.0 Å². The fourth-order valence-corrected chi connectivity index (χ4v) is 5.24. The van der Waals surface area contributed by atoms with Crippen LogP contribution in [0.4, 0.5) is 5.69 Å². The van der Waals surface area contributed by atoms with E-state index in [1.54, 1.807) is 36.4 Å². The summed E-state index contributed by atoms with van der Waals surface area (Å²) in [5.41, 5.74) is 2.53. The van der Waals surface area contributed by atoms with Crippen molar-refractivity contribution in [1.82, 2.24) is 8.75 Å². The Balaban J connectivity index is 1.91. The molecule has 0 aliphatic carbocycles. The van der Waals surface area contributed by atoms with Crippen molar-refractivity contribution in [3.8, 4) is 0 Å². The van der Waals surface area contributed by atoms with Crippen LogP contribution in [-0.2, 0) is 16.4 Å². The Morgan fingerprint density at radius 1 is 1.14 bits per heavy atom. The molecule has 0 spiro atoms. The molecule has 4 rings (SSSR count). The predicted octanol–water partition coefficient (Wildman–Crippen LogP) is 3.10. The van der Waals surface area contributed by atoms with Crippen LogP contribution in [0.2, 0.25) is 5.02 Å². The molecule has 1 aromatic heterocycles. The lowest BCUT2D eigenvalue weighted by molar-refractivity contribution is 0.593. The van der Waals surface area contributed by atoms with Crippen molar-refractivity contribution in [1.29, 1.82) is 0 Å². The molecule has 2 aromatic carbocycles. The van der Waals surface area contributed by atoms with E-state index in [-0.39, 0.29) is 4.90 Å². The number of halogens is 1. The second-order valence-electron chi connectivity index (χ2n) is 4.95. The molecule has 1 aliphatic rings. The highest BCUT2D eigenvalue weighted by Gasteiger charge is 2.33. The second kappa shape index (κ2) is 4.91. The lowest BCUT2D eigenvalue weighted by atomic mass is 10.2. The number of hydrogen-bond acceptors (Lipinski definition) is 5. The Morgan fingerprint density at radius 2 is 1.95 bits per heavy atom. The minimum absolute atomic E-state index is 0.187. The maximum atomic E-state index is 13.0. The summed E-state index contributed by atoms with van der Waals surface area (Å²) in [5, 5.41) is 0.601. The van der Waals surface area contributed by atoms with Gasteiger partial charge in [0.05, 0.1) is 17.4 Å². The number of anilines is 1. The van der Waals surface area contributed by atoms with Crippen molar-refractivity contribution in [3.63, 3.8) is 0 Å². The summed E-state index contributed by atoms with van der Waals surface area (Å²) in [5.74, 6) is 0. The average molecular weight is 352 g/mol. The normalized spacial score (nSPS) is 14.5. The summed E-state index contributed by atoms with van der Waals surface area (Å²) in [4.78, 5) is 0.187. The first-order valence-electron chi connectivity index (χ1n) is 6.60. The molecule has 2 heterocycles. The Kier molecular flexibility index (Phi) is 3.11. The van der Waals surface area contributed by atoms with Crippen LogP contribution in [0.1, 0.15) is 5.56 Å². The number of nitrogens with zero attached hydrogens (tertiary/aromatic N) is 3. The molecule has 112 valence electrons. The molecule has 0 saturated carbocycles. The van der Waals surface area contributed by atoms with E-state index in [1.807, 2.05) is 0 Å². The van der Waals surface area contributed by atoms with E-state index in [0.29, 0.717) is 34.7 Å². The van der Waals surface area contributed by atoms with Gasteiger partial charge < -0.3 is 0 Å². The molecule has 0 radical (unpaired) electrons. The van der Waals surface area contributed by atoms with Crippen molar-refractivity contribution >= 4 is 50.1 Å². The van der Waals surface area contributed by atoms with Gasteiger partial charge in [0, 0.05) is 11.6 Å². The molecular weight excluding hydrogens is 342 g/mol. The molecule has 1 aliphatic heterocycles. The van der Waals surface area contributed by atoms with Crippen LogP contribution < -0.4 is 4.31 Å². The van der Waals surface area contributed by atoms with Gasteiger partial charge in [0.2, 0.25) is 0 Å². The highest BCUT2D eigenvalue weighted by Crippen LogP contribution is 2.37. The summed E-state index contributed by atoms with van der Waals surface area (Å²) >= 11 is 7.18. The van der Waals surface area contributed by atoms with Crippen LogP contribution in [0.25, 0.3) is 11.0 Å². The monoisotopic (exact) mass is 351 g/mol. The molecule has 0 amide bonds. The first-order chi connectivity index (χ1) is 10.6. The van der Waals surface area contributed by atoms with Gasteiger partial charge in [-0.2, -0.15) is 8.75 Å². The zero-order chi connectivity index (χ0) is 15.3. The third kappa shape index (κ3) is 1.93. The van der Waals surface area contributed by atoms with Crippen molar-refractivity contribution in [3.05, 3.63) is 47.0 Å². The van der Waals surface area contributed by atoms with Gasteiger partial charge in [-0.25, -0.2) is 8.42 Å². The summed E-state index contributed by atoms with van der Waals surface area (Å²) in [6.45, 7) is 0.384. The van der Waals surface area contributed by atoms with Gasteiger partial charge in [-0.15, -0.1) is 0 Å². The second-order valence-corrected chi connectivity index (χ2v) is 7.72. The quantitative estimate of drug-likeness (QED) is 0.711. The Hall–Kier alpha value is -1.70.